The van der Waals surface area contributed by atoms with E-state index in [2.05, 4.69) is 38.5 Å². The van der Waals surface area contributed by atoms with Gasteiger partial charge in [0.05, 0.1) is 0 Å². The smallest absolute Gasteiger partial charge is 0.394 e. The predicted molar refractivity (Wildman–Crippen MR) is 198 cm³/mol. The van der Waals surface area contributed by atoms with Crippen LogP contribution in [0.4, 0.5) is 73.9 Å². The molecule has 0 unspecified atom stereocenters. The predicted octanol–water partition coefficient (Wildman–Crippen LogP) is 11.6. The van der Waals surface area contributed by atoms with Crippen LogP contribution in [0.15, 0.2) is 91.0 Å². The number of pyridine rings is 3. The Bertz CT molecular complexity index is 2430. The Morgan fingerprint density at radius 3 is 1.72 bits per heavy atom. The second-order valence-corrected chi connectivity index (χ2v) is 12.8. The fourth-order valence-corrected chi connectivity index (χ4v) is 5.81. The molecule has 5 heterocycles. The van der Waals surface area contributed by atoms with E-state index in [0.717, 1.165) is 53.5 Å². The molecule has 0 bridgehead atoms. The van der Waals surface area contributed by atoms with Gasteiger partial charge in [-0.2, -0.15) is 94.2 Å². The first-order valence-electron chi connectivity index (χ1n) is 17.2. The molecule has 6 aromatic rings. The van der Waals surface area contributed by atoms with Crippen LogP contribution in [0.2, 0.25) is 0 Å². The maximum atomic E-state index is 13.8. The molecule has 0 spiro atoms. The summed E-state index contributed by atoms with van der Waals surface area (Å²) in [5, 5.41) is 3.05. The molecule has 0 fully saturated rings. The number of nitrogens with zero attached hydrogens (tertiary/aromatic N) is 6. The van der Waals surface area contributed by atoms with Crippen molar-refractivity contribution in [2.24, 2.45) is 0 Å². The van der Waals surface area contributed by atoms with Gasteiger partial charge in [-0.05, 0) is 56.3 Å². The van der Waals surface area contributed by atoms with Crippen LogP contribution < -0.4 is 29.5 Å². The largest absolute Gasteiger partial charge is 0.513 e. The number of fused-ring (bicyclic) bond motifs is 2. The van der Waals surface area contributed by atoms with E-state index in [9.17, 15) is 39.5 Å². The van der Waals surface area contributed by atoms with Crippen LogP contribution in [0.5, 0.6) is 23.3 Å². The van der Waals surface area contributed by atoms with E-state index in [1.54, 1.807) is 23.1 Å². The zero-order chi connectivity index (χ0) is 42.3. The standard InChI is InChI=1S/C22H18F3N6.C19H9F6NO2.Ir/c1-13-4-6-18-20(27-13)30(11-26-18)16-8-15(22(23,24)25)9-17(10-16)31-12-29(3)19-7-5-14(2)28-21(19)31;20-18(21,22)12-6-1-3-8-14(12)27-16-10-5-11-17(26-16)28-15-9-4-2-7-13(15)19(23,24)25;/h4-9,11-12,26H,1-3H3;1-7,10-11H;/q-3;-2;. The number of ether oxygens (including phenoxy) is 2. The monoisotopic (exact) mass is 1010 g/mol. The Morgan fingerprint density at radius 1 is 0.633 bits per heavy atom. The zero-order valence-electron chi connectivity index (χ0n) is 31.0. The van der Waals surface area contributed by atoms with Crippen LogP contribution in [-0.2, 0) is 38.6 Å². The summed E-state index contributed by atoms with van der Waals surface area (Å²) in [6, 6.07) is 27.5. The molecule has 0 aliphatic carbocycles. The molecule has 0 amide bonds. The van der Waals surface area contributed by atoms with E-state index in [1.165, 1.54) is 30.3 Å². The van der Waals surface area contributed by atoms with Crippen LogP contribution in [0.1, 0.15) is 28.1 Å². The average molecular weight is 1010 g/mol. The fourth-order valence-electron chi connectivity index (χ4n) is 5.81. The third kappa shape index (κ3) is 9.52. The molecule has 0 saturated carbocycles. The third-order valence-corrected chi connectivity index (χ3v) is 8.53. The summed E-state index contributed by atoms with van der Waals surface area (Å²) in [7, 11) is 1.82. The minimum Gasteiger partial charge on any atom is -0.513 e. The van der Waals surface area contributed by atoms with E-state index in [-0.39, 0.29) is 43.2 Å². The summed E-state index contributed by atoms with van der Waals surface area (Å²) in [5.41, 5.74) is 0.597. The maximum absolute atomic E-state index is 13.8. The SMILES string of the molecule is Cc1ccc2c(n1)N(c1[c-]c(N3[CH-]N(C)c4ccc(C)nc43)cc(C(F)(F)F)c1)[CH-]N2.FC(F)(F)c1ccc[c-]c1Oc1cccc(Oc2[c-]cccc2C(F)(F)F)n1.[Ir]. The fraction of sp³-hybridized carbons (Fsp3) is 0.146. The van der Waals surface area contributed by atoms with Crippen molar-refractivity contribution in [3.05, 3.63) is 151 Å². The van der Waals surface area contributed by atoms with Gasteiger partial charge >= 0.3 is 18.5 Å². The van der Waals surface area contributed by atoms with E-state index in [4.69, 9.17) is 9.47 Å². The van der Waals surface area contributed by atoms with Gasteiger partial charge in [-0.15, -0.1) is 41.7 Å². The molecule has 3 aromatic heterocycles. The Morgan fingerprint density at radius 2 is 1.17 bits per heavy atom. The van der Waals surface area contributed by atoms with E-state index in [0.29, 0.717) is 17.3 Å². The third-order valence-electron chi connectivity index (χ3n) is 8.53. The Balaban J connectivity index is 0.000000199. The topological polar surface area (TPSA) is 78.9 Å². The van der Waals surface area contributed by atoms with Gasteiger partial charge in [-0.3, -0.25) is 0 Å². The second-order valence-electron chi connectivity index (χ2n) is 12.8. The molecule has 1 radical (unpaired) electrons. The number of hydrogen-bond donors (Lipinski definition) is 1. The van der Waals surface area contributed by atoms with E-state index >= 15 is 0 Å². The molecule has 1 N–H and O–H groups in total. The second kappa shape index (κ2) is 16.9. The van der Waals surface area contributed by atoms with Gasteiger partial charge in [-0.1, -0.05) is 11.6 Å². The van der Waals surface area contributed by atoms with Crippen LogP contribution >= 0.6 is 0 Å². The zero-order valence-corrected chi connectivity index (χ0v) is 33.4. The van der Waals surface area contributed by atoms with Crippen LogP contribution in [-0.4, -0.2) is 22.0 Å². The molecule has 2 aliphatic heterocycles. The summed E-state index contributed by atoms with van der Waals surface area (Å²) in [4.78, 5) is 17.8. The van der Waals surface area contributed by atoms with Gasteiger partial charge in [0.25, 0.3) is 0 Å². The Labute approximate surface area is 350 Å². The van der Waals surface area contributed by atoms with E-state index in [1.807, 2.05) is 50.1 Å². The number of aryl methyl sites for hydroxylation is 2. The van der Waals surface area contributed by atoms with E-state index < -0.39 is 46.7 Å². The first kappa shape index (κ1) is 43.5. The average Bonchev–Trinajstić information content (AvgIpc) is 3.74. The number of rotatable bonds is 6. The molecule has 60 heavy (non-hydrogen) atoms. The van der Waals surface area contributed by atoms with Crippen LogP contribution in [0, 0.1) is 45.4 Å². The Hall–Kier alpha value is -6.07. The number of hydrogen-bond acceptors (Lipinski definition) is 9. The summed E-state index contributed by atoms with van der Waals surface area (Å²) in [5.74, 6) is -0.783. The molecule has 315 valence electrons. The van der Waals surface area contributed by atoms with Gasteiger partial charge in [0.2, 0.25) is 11.8 Å². The van der Waals surface area contributed by atoms with Gasteiger partial charge in [0, 0.05) is 66.5 Å². The summed E-state index contributed by atoms with van der Waals surface area (Å²) >= 11 is 0. The number of benzene rings is 3. The van der Waals surface area contributed by atoms with Gasteiger partial charge < -0.3 is 29.5 Å². The molecule has 8 rings (SSSR count). The molecular formula is C41H27F9IrN7O2-5. The minimum atomic E-state index is -4.68. The first-order chi connectivity index (χ1) is 27.8. The van der Waals surface area contributed by atoms with Gasteiger partial charge in [0.15, 0.2) is 0 Å². The van der Waals surface area contributed by atoms with Crippen molar-refractivity contribution in [1.82, 2.24) is 15.0 Å². The summed E-state index contributed by atoms with van der Waals surface area (Å²) in [6.07, 6.45) is -13.9. The number of anilines is 6. The summed E-state index contributed by atoms with van der Waals surface area (Å²) < 4.78 is 130. The molecule has 9 nitrogen and oxygen atoms in total. The molecular weight excluding hydrogens is 986 g/mol. The first-order valence-corrected chi connectivity index (χ1v) is 17.2. The molecule has 0 saturated heterocycles. The molecule has 2 aliphatic rings. The maximum Gasteiger partial charge on any atom is 0.394 e. The van der Waals surface area contributed by atoms with Crippen molar-refractivity contribution in [3.8, 4) is 23.3 Å². The number of aromatic nitrogens is 3. The van der Waals surface area contributed by atoms with Gasteiger partial charge in [-0.25, -0.2) is 9.97 Å². The molecule has 3 aromatic carbocycles. The van der Waals surface area contributed by atoms with Crippen molar-refractivity contribution >= 4 is 34.4 Å². The van der Waals surface area contributed by atoms with Crippen molar-refractivity contribution in [2.75, 3.05) is 27.1 Å². The number of alkyl halides is 9. The van der Waals surface area contributed by atoms with Crippen molar-refractivity contribution < 1.29 is 69.1 Å². The normalized spacial score (nSPS) is 13.4. The Kier molecular flexibility index (Phi) is 12.2. The van der Waals surface area contributed by atoms with Crippen LogP contribution in [0.25, 0.3) is 0 Å². The molecule has 0 atom stereocenters. The van der Waals surface area contributed by atoms with Gasteiger partial charge in [0.1, 0.15) is 11.6 Å². The van der Waals surface area contributed by atoms with Crippen molar-refractivity contribution in [1.29, 1.82) is 0 Å². The molecule has 19 heteroatoms. The number of nitrogens with one attached hydrogen (secondary N) is 1. The summed E-state index contributed by atoms with van der Waals surface area (Å²) in [6.45, 7) is 6.96. The minimum absolute atomic E-state index is 0. The van der Waals surface area contributed by atoms with Crippen LogP contribution in [0.3, 0.4) is 0 Å². The number of para-hydroxylation sites is 2. The quantitative estimate of drug-likeness (QED) is 0.130. The van der Waals surface area contributed by atoms with Crippen molar-refractivity contribution in [2.45, 2.75) is 32.4 Å². The number of halogens is 9. The van der Waals surface area contributed by atoms with Crippen molar-refractivity contribution in [3.63, 3.8) is 0 Å².